The summed E-state index contributed by atoms with van der Waals surface area (Å²) in [5.74, 6) is -0.892. The van der Waals surface area contributed by atoms with Gasteiger partial charge in [0.25, 0.3) is 5.91 Å². The topological polar surface area (TPSA) is 111 Å². The van der Waals surface area contributed by atoms with E-state index in [1.807, 2.05) is 30.5 Å². The van der Waals surface area contributed by atoms with E-state index in [4.69, 9.17) is 0 Å². The summed E-state index contributed by atoms with van der Waals surface area (Å²) in [6, 6.07) is 13.8. The van der Waals surface area contributed by atoms with Crippen LogP contribution in [0.5, 0.6) is 0 Å². The first-order chi connectivity index (χ1) is 15.4. The molecule has 0 saturated heterocycles. The molecular formula is C23H28N4O4S. The summed E-state index contributed by atoms with van der Waals surface area (Å²) < 4.78 is 26.6. The lowest BCUT2D eigenvalue weighted by Gasteiger charge is -2.18. The maximum atomic E-state index is 12.7. The van der Waals surface area contributed by atoms with Crippen molar-refractivity contribution in [1.29, 1.82) is 0 Å². The average molecular weight is 457 g/mol. The van der Waals surface area contributed by atoms with E-state index in [1.165, 1.54) is 28.6 Å². The Labute approximate surface area is 188 Å². The first-order valence-corrected chi connectivity index (χ1v) is 12.0. The number of aromatic nitrogens is 1. The van der Waals surface area contributed by atoms with Gasteiger partial charge in [0.05, 0.1) is 4.90 Å². The maximum absolute atomic E-state index is 12.7. The number of nitrogens with one attached hydrogen (secondary N) is 3. The Kier molecular flexibility index (Phi) is 7.66. The highest BCUT2D eigenvalue weighted by Gasteiger charge is 2.22. The van der Waals surface area contributed by atoms with Gasteiger partial charge >= 0.3 is 0 Å². The number of hydrogen-bond donors (Lipinski definition) is 3. The fraction of sp³-hybridized carbons (Fsp3) is 0.304. The predicted octanol–water partition coefficient (Wildman–Crippen LogP) is 2.98. The molecule has 0 saturated carbocycles. The molecule has 0 radical (unpaired) electrons. The van der Waals surface area contributed by atoms with E-state index in [2.05, 4.69) is 15.8 Å². The van der Waals surface area contributed by atoms with Crippen LogP contribution in [0, 0.1) is 0 Å². The Morgan fingerprint density at radius 3 is 2.50 bits per heavy atom. The number of carbonyl (C=O) groups is 2. The maximum Gasteiger partial charge on any atom is 0.269 e. The fourth-order valence-electron chi connectivity index (χ4n) is 3.55. The van der Waals surface area contributed by atoms with E-state index in [0.717, 1.165) is 22.9 Å². The molecule has 2 aromatic carbocycles. The smallest absolute Gasteiger partial charge is 0.269 e. The second-order valence-corrected chi connectivity index (χ2v) is 9.27. The third-order valence-corrected chi connectivity index (χ3v) is 7.33. The van der Waals surface area contributed by atoms with Crippen molar-refractivity contribution in [2.45, 2.75) is 38.0 Å². The number of amides is 2. The Balaban J connectivity index is 1.52. The molecule has 0 aliphatic heterocycles. The molecule has 0 unspecified atom stereocenters. The molecule has 9 heteroatoms. The van der Waals surface area contributed by atoms with Gasteiger partial charge in [-0.25, -0.2) is 8.42 Å². The van der Waals surface area contributed by atoms with Crippen LogP contribution in [0.15, 0.2) is 59.6 Å². The molecule has 170 valence electrons. The zero-order valence-electron chi connectivity index (χ0n) is 18.2. The highest BCUT2D eigenvalue weighted by molar-refractivity contribution is 7.89. The first kappa shape index (κ1) is 23.5. The van der Waals surface area contributed by atoms with Gasteiger partial charge in [-0.1, -0.05) is 38.1 Å². The number of para-hydroxylation sites is 1. The van der Waals surface area contributed by atoms with E-state index in [1.54, 1.807) is 13.8 Å². The molecule has 3 N–H and O–H groups in total. The number of aryl methyl sites for hydroxylation is 1. The Hall–Kier alpha value is -3.17. The van der Waals surface area contributed by atoms with Gasteiger partial charge in [-0.05, 0) is 42.7 Å². The fourth-order valence-corrected chi connectivity index (χ4v) is 5.05. The predicted molar refractivity (Wildman–Crippen MR) is 123 cm³/mol. The zero-order chi connectivity index (χ0) is 23.1. The number of hydrazine groups is 1. The van der Waals surface area contributed by atoms with Crippen LogP contribution >= 0.6 is 0 Å². The number of aromatic amines is 1. The van der Waals surface area contributed by atoms with Gasteiger partial charge < -0.3 is 4.98 Å². The SMILES string of the molecule is CCN(CC)S(=O)(=O)c1cccc(C(=O)NNC(=O)CCCc2c[nH]c3ccccc23)c1. The van der Waals surface area contributed by atoms with Crippen LogP contribution in [0.3, 0.4) is 0 Å². The molecule has 2 amide bonds. The summed E-state index contributed by atoms with van der Waals surface area (Å²) in [4.78, 5) is 27.8. The Morgan fingerprint density at radius 2 is 1.75 bits per heavy atom. The van der Waals surface area contributed by atoms with E-state index < -0.39 is 15.9 Å². The van der Waals surface area contributed by atoms with Crippen LogP contribution in [0.1, 0.15) is 42.6 Å². The summed E-state index contributed by atoms with van der Waals surface area (Å²) in [7, 11) is -3.67. The molecule has 1 heterocycles. The van der Waals surface area contributed by atoms with Crippen LogP contribution in [-0.4, -0.2) is 42.6 Å². The van der Waals surface area contributed by atoms with E-state index in [-0.39, 0.29) is 22.8 Å². The Bertz CT molecular complexity index is 1200. The van der Waals surface area contributed by atoms with Crippen LogP contribution in [0.25, 0.3) is 10.9 Å². The third kappa shape index (κ3) is 5.35. The quantitative estimate of drug-likeness (QED) is 0.430. The van der Waals surface area contributed by atoms with E-state index in [0.29, 0.717) is 19.5 Å². The van der Waals surface area contributed by atoms with Gasteiger partial charge in [0.1, 0.15) is 0 Å². The van der Waals surface area contributed by atoms with Crippen molar-refractivity contribution >= 4 is 32.7 Å². The molecule has 3 rings (SSSR count). The summed E-state index contributed by atoms with van der Waals surface area (Å²) in [6.07, 6.45) is 3.55. The summed E-state index contributed by atoms with van der Waals surface area (Å²) in [5.41, 5.74) is 7.10. The number of hydrogen-bond acceptors (Lipinski definition) is 4. The normalized spacial score (nSPS) is 11.6. The summed E-state index contributed by atoms with van der Waals surface area (Å²) in [5, 5.41) is 1.14. The summed E-state index contributed by atoms with van der Waals surface area (Å²) >= 11 is 0. The van der Waals surface area contributed by atoms with Gasteiger partial charge in [0.15, 0.2) is 0 Å². The number of fused-ring (bicyclic) bond motifs is 1. The highest BCUT2D eigenvalue weighted by Crippen LogP contribution is 2.19. The molecule has 0 aliphatic rings. The van der Waals surface area contributed by atoms with Crippen LogP contribution < -0.4 is 10.9 Å². The Morgan fingerprint density at radius 1 is 1.00 bits per heavy atom. The molecule has 0 spiro atoms. The number of nitrogens with zero attached hydrogens (tertiary/aromatic N) is 1. The van der Waals surface area contributed by atoms with Crippen LogP contribution in [0.4, 0.5) is 0 Å². The minimum Gasteiger partial charge on any atom is -0.361 e. The largest absolute Gasteiger partial charge is 0.361 e. The van der Waals surface area contributed by atoms with Crippen molar-refractivity contribution in [3.8, 4) is 0 Å². The van der Waals surface area contributed by atoms with Crippen molar-refractivity contribution in [2.24, 2.45) is 0 Å². The molecule has 32 heavy (non-hydrogen) atoms. The van der Waals surface area contributed by atoms with Gasteiger partial charge in [0, 0.05) is 42.2 Å². The minimum atomic E-state index is -3.67. The zero-order valence-corrected chi connectivity index (χ0v) is 19.0. The lowest BCUT2D eigenvalue weighted by atomic mass is 10.1. The number of sulfonamides is 1. The van der Waals surface area contributed by atoms with Gasteiger partial charge in [-0.3, -0.25) is 20.4 Å². The lowest BCUT2D eigenvalue weighted by Crippen LogP contribution is -2.41. The van der Waals surface area contributed by atoms with Gasteiger partial charge in [-0.2, -0.15) is 4.31 Å². The second kappa shape index (κ2) is 10.4. The molecular weight excluding hydrogens is 428 g/mol. The molecule has 3 aromatic rings. The number of benzene rings is 2. The second-order valence-electron chi connectivity index (χ2n) is 7.33. The van der Waals surface area contributed by atoms with Crippen LogP contribution in [-0.2, 0) is 21.2 Å². The molecule has 0 bridgehead atoms. The monoisotopic (exact) mass is 456 g/mol. The van der Waals surface area contributed by atoms with Gasteiger partial charge in [-0.15, -0.1) is 0 Å². The molecule has 8 nitrogen and oxygen atoms in total. The van der Waals surface area contributed by atoms with Gasteiger partial charge in [0.2, 0.25) is 15.9 Å². The van der Waals surface area contributed by atoms with Crippen molar-refractivity contribution in [3.63, 3.8) is 0 Å². The number of H-pyrrole nitrogens is 1. The molecule has 1 aromatic heterocycles. The van der Waals surface area contributed by atoms with Crippen LogP contribution in [0.2, 0.25) is 0 Å². The number of rotatable bonds is 9. The highest BCUT2D eigenvalue weighted by atomic mass is 32.2. The van der Waals surface area contributed by atoms with Crippen molar-refractivity contribution in [1.82, 2.24) is 20.1 Å². The molecule has 0 aliphatic carbocycles. The number of carbonyl (C=O) groups excluding carboxylic acids is 2. The molecule has 0 fully saturated rings. The molecule has 0 atom stereocenters. The van der Waals surface area contributed by atoms with E-state index in [9.17, 15) is 18.0 Å². The third-order valence-electron chi connectivity index (χ3n) is 5.28. The lowest BCUT2D eigenvalue weighted by molar-refractivity contribution is -0.121. The standard InChI is InChI=1S/C23H28N4O4S/c1-3-27(4-2)32(30,31)19-11-7-9-17(15-19)23(29)26-25-22(28)14-8-10-18-16-24-21-13-6-5-12-20(18)21/h5-7,9,11-13,15-16,24H,3-4,8,10,14H2,1-2H3,(H,25,28)(H,26,29). The minimum absolute atomic E-state index is 0.0407. The van der Waals surface area contributed by atoms with Crippen molar-refractivity contribution in [3.05, 3.63) is 65.9 Å². The van der Waals surface area contributed by atoms with Crippen molar-refractivity contribution < 1.29 is 18.0 Å². The van der Waals surface area contributed by atoms with E-state index >= 15 is 0 Å². The first-order valence-electron chi connectivity index (χ1n) is 10.6. The average Bonchev–Trinajstić information content (AvgIpc) is 3.21. The van der Waals surface area contributed by atoms with Crippen molar-refractivity contribution in [2.75, 3.05) is 13.1 Å². The summed E-state index contributed by atoms with van der Waals surface area (Å²) in [6.45, 7) is 4.19.